The molecule has 3 nitrogen and oxygen atoms in total. The lowest BCUT2D eigenvalue weighted by atomic mass is 10.2. The summed E-state index contributed by atoms with van der Waals surface area (Å²) in [7, 11) is 0. The molecular weight excluding hydrogens is 162 g/mol. The summed E-state index contributed by atoms with van der Waals surface area (Å²) in [5.41, 5.74) is 0. The molecule has 0 bridgehead atoms. The van der Waals surface area contributed by atoms with Crippen molar-refractivity contribution in [3.8, 4) is 0 Å². The molecule has 0 aliphatic heterocycles. The van der Waals surface area contributed by atoms with Crippen LogP contribution in [0.2, 0.25) is 0 Å². The summed E-state index contributed by atoms with van der Waals surface area (Å²) in [6, 6.07) is 0. The van der Waals surface area contributed by atoms with Gasteiger partial charge in [0.1, 0.15) is 6.61 Å². The van der Waals surface area contributed by atoms with E-state index in [9.17, 15) is 4.79 Å². The Morgan fingerprint density at radius 3 is 2.82 bits per heavy atom. The van der Waals surface area contributed by atoms with Crippen LogP contribution in [0, 0.1) is 5.92 Å². The van der Waals surface area contributed by atoms with Crippen molar-refractivity contribution in [2.24, 2.45) is 10.9 Å². The molecule has 0 fully saturated rings. The van der Waals surface area contributed by atoms with Crippen LogP contribution in [-0.4, -0.2) is 24.3 Å². The van der Waals surface area contributed by atoms with E-state index in [1.807, 2.05) is 0 Å². The van der Waals surface area contributed by atoms with Crippen molar-refractivity contribution in [2.75, 3.05) is 13.2 Å². The van der Waals surface area contributed by atoms with Crippen LogP contribution in [0.1, 0.15) is 13.8 Å². The number of esters is 1. The zero-order valence-electron chi connectivity index (χ0n) is 6.66. The molecule has 0 aromatic rings. The summed E-state index contributed by atoms with van der Waals surface area (Å²) in [5, 5.41) is 2.19. The Hall–Kier alpha value is -0.730. The fourth-order valence-corrected chi connectivity index (χ4v) is 0.495. The third kappa shape index (κ3) is 5.70. The molecule has 0 heterocycles. The first kappa shape index (κ1) is 10.3. The van der Waals surface area contributed by atoms with Crippen molar-refractivity contribution < 1.29 is 9.53 Å². The lowest BCUT2D eigenvalue weighted by Crippen LogP contribution is -2.13. The SMILES string of the molecule is CC(C)C(=O)OCCN=C=S. The number of hydrogen-bond acceptors (Lipinski definition) is 4. The summed E-state index contributed by atoms with van der Waals surface area (Å²) in [5.74, 6) is -0.281. The Bertz CT molecular complexity index is 173. The van der Waals surface area contributed by atoms with E-state index in [0.29, 0.717) is 13.2 Å². The van der Waals surface area contributed by atoms with Crippen molar-refractivity contribution in [3.05, 3.63) is 0 Å². The van der Waals surface area contributed by atoms with E-state index in [-0.39, 0.29) is 11.9 Å². The minimum atomic E-state index is -0.204. The van der Waals surface area contributed by atoms with E-state index in [2.05, 4.69) is 22.4 Å². The van der Waals surface area contributed by atoms with Crippen LogP contribution < -0.4 is 0 Å². The second-order valence-electron chi connectivity index (χ2n) is 2.30. The number of ether oxygens (including phenoxy) is 1. The van der Waals surface area contributed by atoms with Gasteiger partial charge in [0, 0.05) is 0 Å². The van der Waals surface area contributed by atoms with Gasteiger partial charge in [-0.25, -0.2) is 4.99 Å². The maximum absolute atomic E-state index is 10.8. The molecule has 0 amide bonds. The van der Waals surface area contributed by atoms with E-state index in [1.54, 1.807) is 13.8 Å². The Balaban J connectivity index is 3.39. The van der Waals surface area contributed by atoms with Crippen molar-refractivity contribution in [1.82, 2.24) is 0 Å². The molecule has 0 aromatic carbocycles. The highest BCUT2D eigenvalue weighted by molar-refractivity contribution is 7.78. The first-order chi connectivity index (χ1) is 5.18. The molecule has 4 heteroatoms. The predicted molar refractivity (Wildman–Crippen MR) is 45.7 cm³/mol. The Morgan fingerprint density at radius 2 is 2.36 bits per heavy atom. The average molecular weight is 173 g/mol. The molecule has 62 valence electrons. The minimum Gasteiger partial charge on any atom is -0.463 e. The number of nitrogens with zero attached hydrogens (tertiary/aromatic N) is 1. The number of isothiocyanates is 1. The molecule has 0 unspecified atom stereocenters. The topological polar surface area (TPSA) is 38.7 Å². The van der Waals surface area contributed by atoms with Crippen LogP contribution in [0.25, 0.3) is 0 Å². The monoisotopic (exact) mass is 173 g/mol. The maximum atomic E-state index is 10.8. The molecule has 0 atom stereocenters. The lowest BCUT2D eigenvalue weighted by Gasteiger charge is -2.03. The van der Waals surface area contributed by atoms with Gasteiger partial charge in [-0.05, 0) is 12.2 Å². The smallest absolute Gasteiger partial charge is 0.308 e. The molecule has 0 aliphatic carbocycles. The normalized spacial score (nSPS) is 9.00. The van der Waals surface area contributed by atoms with Crippen molar-refractivity contribution in [3.63, 3.8) is 0 Å². The summed E-state index contributed by atoms with van der Waals surface area (Å²) in [4.78, 5) is 14.4. The first-order valence-electron chi connectivity index (χ1n) is 3.38. The van der Waals surface area contributed by atoms with Crippen LogP contribution in [-0.2, 0) is 9.53 Å². The maximum Gasteiger partial charge on any atom is 0.308 e. The van der Waals surface area contributed by atoms with Crippen molar-refractivity contribution in [1.29, 1.82) is 0 Å². The Labute approximate surface area is 71.5 Å². The molecular formula is C7H11NO2S. The fourth-order valence-electron chi connectivity index (χ4n) is 0.404. The number of hydrogen-bond donors (Lipinski definition) is 0. The molecule has 0 saturated heterocycles. The predicted octanol–water partition coefficient (Wildman–Crippen LogP) is 1.29. The van der Waals surface area contributed by atoms with Crippen LogP contribution in [0.3, 0.4) is 0 Å². The quantitative estimate of drug-likeness (QED) is 0.278. The fraction of sp³-hybridized carbons (Fsp3) is 0.714. The molecule has 0 spiro atoms. The molecule has 0 radical (unpaired) electrons. The first-order valence-corrected chi connectivity index (χ1v) is 3.79. The van der Waals surface area contributed by atoms with Crippen LogP contribution in [0.15, 0.2) is 4.99 Å². The summed E-state index contributed by atoms with van der Waals surface area (Å²) >= 11 is 4.33. The van der Waals surface area contributed by atoms with E-state index >= 15 is 0 Å². The molecule has 0 aromatic heterocycles. The van der Waals surface area contributed by atoms with Gasteiger partial charge in [-0.1, -0.05) is 13.8 Å². The largest absolute Gasteiger partial charge is 0.463 e. The van der Waals surface area contributed by atoms with Gasteiger partial charge in [0.15, 0.2) is 0 Å². The number of carbonyl (C=O) groups is 1. The Kier molecular flexibility index (Phi) is 5.61. The van der Waals surface area contributed by atoms with Gasteiger partial charge >= 0.3 is 5.97 Å². The van der Waals surface area contributed by atoms with Crippen LogP contribution in [0.4, 0.5) is 0 Å². The molecule has 0 N–H and O–H groups in total. The van der Waals surface area contributed by atoms with Gasteiger partial charge in [0.2, 0.25) is 0 Å². The highest BCUT2D eigenvalue weighted by Gasteiger charge is 2.06. The van der Waals surface area contributed by atoms with Gasteiger partial charge in [0.05, 0.1) is 17.6 Å². The third-order valence-electron chi connectivity index (χ3n) is 0.983. The number of carbonyl (C=O) groups excluding carboxylic acids is 1. The van der Waals surface area contributed by atoms with Crippen molar-refractivity contribution >= 4 is 23.3 Å². The van der Waals surface area contributed by atoms with E-state index in [1.165, 1.54) is 0 Å². The number of aliphatic imine (C=N–C) groups is 1. The summed E-state index contributed by atoms with van der Waals surface area (Å²) in [6.07, 6.45) is 0. The van der Waals surface area contributed by atoms with E-state index in [0.717, 1.165) is 0 Å². The Morgan fingerprint density at radius 1 is 1.73 bits per heavy atom. The second-order valence-corrected chi connectivity index (χ2v) is 2.48. The minimum absolute atomic E-state index is 0.0774. The van der Waals surface area contributed by atoms with Gasteiger partial charge in [0.25, 0.3) is 0 Å². The molecule has 0 aliphatic rings. The van der Waals surface area contributed by atoms with Crippen LogP contribution in [0.5, 0.6) is 0 Å². The summed E-state index contributed by atoms with van der Waals surface area (Å²) < 4.78 is 4.79. The van der Waals surface area contributed by atoms with E-state index in [4.69, 9.17) is 4.74 Å². The number of rotatable bonds is 4. The third-order valence-corrected chi connectivity index (χ3v) is 1.11. The van der Waals surface area contributed by atoms with Crippen LogP contribution >= 0.6 is 12.2 Å². The van der Waals surface area contributed by atoms with E-state index < -0.39 is 0 Å². The molecule has 0 saturated carbocycles. The zero-order valence-corrected chi connectivity index (χ0v) is 7.48. The molecule has 11 heavy (non-hydrogen) atoms. The van der Waals surface area contributed by atoms with Gasteiger partial charge in [-0.3, -0.25) is 4.79 Å². The summed E-state index contributed by atoms with van der Waals surface area (Å²) in [6.45, 7) is 4.26. The highest BCUT2D eigenvalue weighted by atomic mass is 32.1. The standard InChI is InChI=1S/C7H11NO2S/c1-6(2)7(9)10-4-3-8-5-11/h6H,3-4H2,1-2H3. The second kappa shape index (κ2) is 6.01. The number of thiocarbonyl (C=S) groups is 1. The average Bonchev–Trinajstić information content (AvgIpc) is 1.97. The highest BCUT2D eigenvalue weighted by Crippen LogP contribution is 1.94. The van der Waals surface area contributed by atoms with Crippen molar-refractivity contribution in [2.45, 2.75) is 13.8 Å². The van der Waals surface area contributed by atoms with Gasteiger partial charge in [-0.2, -0.15) is 0 Å². The van der Waals surface area contributed by atoms with Gasteiger partial charge in [-0.15, -0.1) is 0 Å². The zero-order chi connectivity index (χ0) is 8.69. The lowest BCUT2D eigenvalue weighted by molar-refractivity contribution is -0.146. The van der Waals surface area contributed by atoms with Gasteiger partial charge < -0.3 is 4.74 Å². The molecule has 0 rings (SSSR count).